The lowest BCUT2D eigenvalue weighted by Gasteiger charge is -2.13. The summed E-state index contributed by atoms with van der Waals surface area (Å²) in [7, 11) is 0. The van der Waals surface area contributed by atoms with Gasteiger partial charge in [-0.2, -0.15) is 0 Å². The lowest BCUT2D eigenvalue weighted by atomic mass is 10.0. The Morgan fingerprint density at radius 1 is 0.818 bits per heavy atom. The maximum absolute atomic E-state index is 10.9. The zero-order valence-electron chi connectivity index (χ0n) is 12.7. The molecule has 1 rings (SSSR count). The Balaban J connectivity index is 3.03. The molecule has 7 heteroatoms. The lowest BCUT2D eigenvalue weighted by Crippen LogP contribution is -2.06. The molecular formula is C15H18O7. The number of hydrogen-bond donors (Lipinski definition) is 1. The van der Waals surface area contributed by atoms with Crippen LogP contribution in [0.2, 0.25) is 0 Å². The lowest BCUT2D eigenvalue weighted by molar-refractivity contribution is -0.143. The highest BCUT2D eigenvalue weighted by atomic mass is 16.5. The summed E-state index contributed by atoms with van der Waals surface area (Å²) in [5, 5.41) is 10.1. The van der Waals surface area contributed by atoms with Crippen LogP contribution in [0.5, 0.6) is 5.75 Å². The molecule has 0 bridgehead atoms. The molecule has 0 saturated carbocycles. The van der Waals surface area contributed by atoms with Gasteiger partial charge in [-0.05, 0) is 17.7 Å². The zero-order valence-corrected chi connectivity index (χ0v) is 12.7. The normalized spacial score (nSPS) is 9.95. The van der Waals surface area contributed by atoms with Crippen molar-refractivity contribution in [3.8, 4) is 5.75 Å². The van der Waals surface area contributed by atoms with Crippen LogP contribution in [0.15, 0.2) is 12.1 Å². The van der Waals surface area contributed by atoms with Gasteiger partial charge in [-0.1, -0.05) is 0 Å². The monoisotopic (exact) mass is 310 g/mol. The molecule has 0 heterocycles. The fraction of sp³-hybridized carbons (Fsp3) is 0.400. The Labute approximate surface area is 127 Å². The van der Waals surface area contributed by atoms with Crippen LogP contribution in [0.4, 0.5) is 0 Å². The molecule has 120 valence electrons. The number of esters is 3. The van der Waals surface area contributed by atoms with E-state index in [1.165, 1.54) is 20.8 Å². The predicted octanol–water partition coefficient (Wildman–Crippen LogP) is 1.58. The van der Waals surface area contributed by atoms with E-state index in [2.05, 4.69) is 0 Å². The van der Waals surface area contributed by atoms with E-state index in [9.17, 15) is 19.5 Å². The largest absolute Gasteiger partial charge is 0.507 e. The second-order valence-corrected chi connectivity index (χ2v) is 4.60. The summed E-state index contributed by atoms with van der Waals surface area (Å²) in [6.07, 6.45) is 0. The highest BCUT2D eigenvalue weighted by Crippen LogP contribution is 2.27. The maximum Gasteiger partial charge on any atom is 0.302 e. The van der Waals surface area contributed by atoms with Gasteiger partial charge in [0.1, 0.15) is 25.6 Å². The van der Waals surface area contributed by atoms with Crippen molar-refractivity contribution in [2.24, 2.45) is 0 Å². The van der Waals surface area contributed by atoms with Crippen molar-refractivity contribution in [1.82, 2.24) is 0 Å². The number of carbonyl (C=O) groups excluding carboxylic acids is 3. The van der Waals surface area contributed by atoms with E-state index in [1.807, 2.05) is 0 Å². The molecule has 0 amide bonds. The fourth-order valence-corrected chi connectivity index (χ4v) is 1.68. The molecule has 0 saturated heterocycles. The Morgan fingerprint density at radius 2 is 1.18 bits per heavy atom. The quantitative estimate of drug-likeness (QED) is 0.629. The smallest absolute Gasteiger partial charge is 0.302 e. The molecule has 0 atom stereocenters. The molecule has 1 N–H and O–H groups in total. The summed E-state index contributed by atoms with van der Waals surface area (Å²) in [5.41, 5.74) is 1.25. The van der Waals surface area contributed by atoms with Gasteiger partial charge in [-0.25, -0.2) is 0 Å². The third kappa shape index (κ3) is 5.82. The third-order valence-electron chi connectivity index (χ3n) is 2.63. The second kappa shape index (κ2) is 8.02. The van der Waals surface area contributed by atoms with E-state index in [0.29, 0.717) is 16.7 Å². The molecule has 0 unspecified atom stereocenters. The number of phenols is 1. The van der Waals surface area contributed by atoms with Gasteiger partial charge < -0.3 is 19.3 Å². The highest BCUT2D eigenvalue weighted by Gasteiger charge is 2.13. The van der Waals surface area contributed by atoms with Crippen molar-refractivity contribution >= 4 is 17.9 Å². The second-order valence-electron chi connectivity index (χ2n) is 4.60. The van der Waals surface area contributed by atoms with Gasteiger partial charge in [0, 0.05) is 31.9 Å². The molecule has 22 heavy (non-hydrogen) atoms. The number of phenolic OH excluding ortho intramolecular Hbond substituents is 1. The molecule has 1 aromatic carbocycles. The predicted molar refractivity (Wildman–Crippen MR) is 74.5 cm³/mol. The minimum Gasteiger partial charge on any atom is -0.507 e. The van der Waals surface area contributed by atoms with E-state index in [1.54, 1.807) is 12.1 Å². The number of benzene rings is 1. The van der Waals surface area contributed by atoms with Gasteiger partial charge in [-0.15, -0.1) is 0 Å². The molecule has 0 spiro atoms. The maximum atomic E-state index is 10.9. The minimum atomic E-state index is -0.494. The number of hydrogen-bond acceptors (Lipinski definition) is 7. The molecule has 0 aromatic heterocycles. The number of aromatic hydroxyl groups is 1. The van der Waals surface area contributed by atoms with Crippen molar-refractivity contribution in [2.45, 2.75) is 40.6 Å². The van der Waals surface area contributed by atoms with Crippen molar-refractivity contribution in [3.05, 3.63) is 28.8 Å². The van der Waals surface area contributed by atoms with E-state index in [-0.39, 0.29) is 25.6 Å². The molecule has 1 aromatic rings. The topological polar surface area (TPSA) is 99.1 Å². The van der Waals surface area contributed by atoms with Gasteiger partial charge in [-0.3, -0.25) is 14.4 Å². The minimum absolute atomic E-state index is 0.00421. The first-order chi connectivity index (χ1) is 10.3. The molecule has 7 nitrogen and oxygen atoms in total. The van der Waals surface area contributed by atoms with Crippen LogP contribution in [-0.4, -0.2) is 23.0 Å². The first-order valence-corrected chi connectivity index (χ1v) is 6.53. The van der Waals surface area contributed by atoms with Gasteiger partial charge in [0.25, 0.3) is 0 Å². The van der Waals surface area contributed by atoms with Gasteiger partial charge in [0.2, 0.25) is 0 Å². The summed E-state index contributed by atoms with van der Waals surface area (Å²) in [6, 6.07) is 3.11. The number of ether oxygens (including phenoxy) is 3. The zero-order chi connectivity index (χ0) is 16.7. The van der Waals surface area contributed by atoms with Crippen LogP contribution >= 0.6 is 0 Å². The molecule has 0 aliphatic rings. The summed E-state index contributed by atoms with van der Waals surface area (Å²) >= 11 is 0. The standard InChI is InChI=1S/C15H18O7/c1-9(16)20-6-12-4-13(7-21-10(2)17)15(19)14(5-12)8-22-11(3)18/h4-5,19H,6-8H2,1-3H3. The van der Waals surface area contributed by atoms with Crippen LogP contribution in [0, 0.1) is 0 Å². The molecular weight excluding hydrogens is 292 g/mol. The fourth-order valence-electron chi connectivity index (χ4n) is 1.68. The first kappa shape index (κ1) is 17.5. The Kier molecular flexibility index (Phi) is 6.37. The summed E-state index contributed by atoms with van der Waals surface area (Å²) in [6.45, 7) is 3.50. The molecule has 0 aliphatic carbocycles. The third-order valence-corrected chi connectivity index (χ3v) is 2.63. The average Bonchev–Trinajstić information content (AvgIpc) is 2.42. The summed E-state index contributed by atoms with van der Waals surface area (Å²) in [4.78, 5) is 32.6. The van der Waals surface area contributed by atoms with Crippen molar-refractivity contribution in [2.75, 3.05) is 0 Å². The molecule has 0 radical (unpaired) electrons. The number of carbonyl (C=O) groups is 3. The van der Waals surface area contributed by atoms with Crippen LogP contribution in [0.1, 0.15) is 37.5 Å². The molecule has 0 aliphatic heterocycles. The summed E-state index contributed by atoms with van der Waals surface area (Å²) in [5.74, 6) is -1.57. The average molecular weight is 310 g/mol. The van der Waals surface area contributed by atoms with Crippen molar-refractivity contribution in [3.63, 3.8) is 0 Å². The van der Waals surface area contributed by atoms with Crippen molar-refractivity contribution < 1.29 is 33.7 Å². The van der Waals surface area contributed by atoms with Crippen LogP contribution in [-0.2, 0) is 48.4 Å². The SMILES string of the molecule is CC(=O)OCc1cc(COC(C)=O)c(O)c(COC(C)=O)c1. The highest BCUT2D eigenvalue weighted by molar-refractivity contribution is 5.67. The Bertz CT molecular complexity index is 538. The van der Waals surface area contributed by atoms with Gasteiger partial charge in [0.15, 0.2) is 0 Å². The van der Waals surface area contributed by atoms with Crippen LogP contribution in [0.25, 0.3) is 0 Å². The van der Waals surface area contributed by atoms with E-state index >= 15 is 0 Å². The van der Waals surface area contributed by atoms with Gasteiger partial charge >= 0.3 is 17.9 Å². The molecule has 0 fully saturated rings. The first-order valence-electron chi connectivity index (χ1n) is 6.53. The van der Waals surface area contributed by atoms with Crippen LogP contribution in [0.3, 0.4) is 0 Å². The van der Waals surface area contributed by atoms with Crippen molar-refractivity contribution in [1.29, 1.82) is 0 Å². The summed E-state index contributed by atoms with van der Waals surface area (Å²) < 4.78 is 14.6. The Morgan fingerprint density at radius 3 is 1.55 bits per heavy atom. The number of rotatable bonds is 6. The van der Waals surface area contributed by atoms with E-state index < -0.39 is 17.9 Å². The van der Waals surface area contributed by atoms with E-state index in [4.69, 9.17) is 14.2 Å². The van der Waals surface area contributed by atoms with E-state index in [0.717, 1.165) is 0 Å². The Hall–Kier alpha value is -2.57. The van der Waals surface area contributed by atoms with Crippen LogP contribution < -0.4 is 0 Å². The van der Waals surface area contributed by atoms with Gasteiger partial charge in [0.05, 0.1) is 0 Å².